The second-order valence-electron chi connectivity index (χ2n) is 3.83. The second kappa shape index (κ2) is 6.74. The first-order valence-corrected chi connectivity index (χ1v) is 7.86. The van der Waals surface area contributed by atoms with Crippen LogP contribution < -0.4 is 10.9 Å². The van der Waals surface area contributed by atoms with E-state index in [4.69, 9.17) is 0 Å². The number of rotatable bonds is 4. The molecule has 3 nitrogen and oxygen atoms in total. The van der Waals surface area contributed by atoms with Crippen LogP contribution in [-0.4, -0.2) is 5.11 Å². The van der Waals surface area contributed by atoms with E-state index in [9.17, 15) is 5.11 Å². The predicted molar refractivity (Wildman–Crippen MR) is 88.1 cm³/mol. The maximum absolute atomic E-state index is 9.87. The molecule has 2 aromatic carbocycles. The van der Waals surface area contributed by atoms with Gasteiger partial charge >= 0.3 is 0 Å². The van der Waals surface area contributed by atoms with Crippen LogP contribution in [0.5, 0.6) is 5.75 Å². The fourth-order valence-electron chi connectivity index (χ4n) is 1.54. The molecule has 0 saturated carbocycles. The molecule has 0 aliphatic carbocycles. The molecular formula is C13H11Br3N2O. The number of phenolic OH excluding ortho intramolecular Hbond substituents is 1. The summed E-state index contributed by atoms with van der Waals surface area (Å²) < 4.78 is 2.22. The van der Waals surface area contributed by atoms with E-state index in [0.29, 0.717) is 15.5 Å². The Balaban J connectivity index is 2.06. The lowest BCUT2D eigenvalue weighted by Crippen LogP contribution is -2.21. The van der Waals surface area contributed by atoms with E-state index >= 15 is 0 Å². The van der Waals surface area contributed by atoms with E-state index in [-0.39, 0.29) is 5.75 Å². The van der Waals surface area contributed by atoms with E-state index in [2.05, 4.69) is 58.6 Å². The molecule has 3 N–H and O–H groups in total. The molecule has 0 radical (unpaired) electrons. The smallest absolute Gasteiger partial charge is 0.144 e. The molecule has 2 rings (SSSR count). The van der Waals surface area contributed by atoms with Crippen molar-refractivity contribution < 1.29 is 5.11 Å². The fourth-order valence-corrected chi connectivity index (χ4v) is 3.94. The number of hydrogen-bond donors (Lipinski definition) is 3. The Hall–Kier alpha value is -0.560. The lowest BCUT2D eigenvalue weighted by molar-refractivity contribution is 0.467. The predicted octanol–water partition coefficient (Wildman–Crippen LogP) is 4.80. The zero-order valence-corrected chi connectivity index (χ0v) is 14.5. The molecule has 0 aliphatic heterocycles. The molecule has 0 unspecified atom stereocenters. The van der Waals surface area contributed by atoms with Gasteiger partial charge in [0.25, 0.3) is 0 Å². The number of hydrogen-bond acceptors (Lipinski definition) is 3. The Labute approximate surface area is 136 Å². The van der Waals surface area contributed by atoms with Gasteiger partial charge in [-0.1, -0.05) is 34.1 Å². The Morgan fingerprint density at radius 2 is 1.68 bits per heavy atom. The van der Waals surface area contributed by atoms with Crippen molar-refractivity contribution in [3.05, 3.63) is 55.4 Å². The second-order valence-corrected chi connectivity index (χ2v) is 6.33. The molecular weight excluding hydrogens is 440 g/mol. The largest absolute Gasteiger partial charge is 0.506 e. The molecule has 19 heavy (non-hydrogen) atoms. The Morgan fingerprint density at radius 1 is 1.00 bits per heavy atom. The highest BCUT2D eigenvalue weighted by atomic mass is 79.9. The first-order chi connectivity index (χ1) is 9.09. The van der Waals surface area contributed by atoms with E-state index in [1.165, 1.54) is 0 Å². The van der Waals surface area contributed by atoms with Crippen molar-refractivity contribution in [2.45, 2.75) is 6.54 Å². The van der Waals surface area contributed by atoms with Gasteiger partial charge in [-0.15, -0.1) is 0 Å². The zero-order chi connectivity index (χ0) is 13.8. The topological polar surface area (TPSA) is 44.3 Å². The van der Waals surface area contributed by atoms with E-state index in [0.717, 1.165) is 15.7 Å². The number of halogens is 3. The van der Waals surface area contributed by atoms with Gasteiger partial charge in [-0.2, -0.15) is 0 Å². The van der Waals surface area contributed by atoms with Crippen molar-refractivity contribution in [3.63, 3.8) is 0 Å². The van der Waals surface area contributed by atoms with Crippen LogP contribution in [0, 0.1) is 0 Å². The average molecular weight is 451 g/mol. The van der Waals surface area contributed by atoms with Gasteiger partial charge in [-0.05, 0) is 55.6 Å². The van der Waals surface area contributed by atoms with Crippen LogP contribution >= 0.6 is 47.8 Å². The maximum atomic E-state index is 9.87. The van der Waals surface area contributed by atoms with E-state index < -0.39 is 0 Å². The minimum Gasteiger partial charge on any atom is -0.506 e. The average Bonchev–Trinajstić information content (AvgIpc) is 2.41. The minimum absolute atomic E-state index is 0.194. The van der Waals surface area contributed by atoms with Crippen molar-refractivity contribution in [3.8, 4) is 5.75 Å². The summed E-state index contributed by atoms with van der Waals surface area (Å²) in [4.78, 5) is 0. The number of nitrogens with one attached hydrogen (secondary N) is 2. The quantitative estimate of drug-likeness (QED) is 0.586. The van der Waals surface area contributed by atoms with Crippen molar-refractivity contribution in [1.82, 2.24) is 5.43 Å². The lowest BCUT2D eigenvalue weighted by Gasteiger charge is -2.13. The summed E-state index contributed by atoms with van der Waals surface area (Å²) in [5.41, 5.74) is 8.12. The molecule has 0 atom stereocenters. The fraction of sp³-hybridized carbons (Fsp3) is 0.0769. The molecule has 0 aliphatic rings. The summed E-state index contributed by atoms with van der Waals surface area (Å²) in [5.74, 6) is 0.194. The highest BCUT2D eigenvalue weighted by Gasteiger charge is 2.12. The normalized spacial score (nSPS) is 10.5. The Kier molecular flexibility index (Phi) is 5.27. The van der Waals surface area contributed by atoms with E-state index in [1.54, 1.807) is 0 Å². The molecule has 0 spiro atoms. The number of hydrazine groups is 1. The molecule has 0 saturated heterocycles. The van der Waals surface area contributed by atoms with E-state index in [1.807, 2.05) is 36.4 Å². The van der Waals surface area contributed by atoms with Gasteiger partial charge in [0.05, 0.1) is 8.95 Å². The highest BCUT2D eigenvalue weighted by molar-refractivity contribution is 9.11. The zero-order valence-electron chi connectivity index (χ0n) is 9.75. The first kappa shape index (κ1) is 14.8. The van der Waals surface area contributed by atoms with Crippen LogP contribution in [0.1, 0.15) is 5.56 Å². The van der Waals surface area contributed by atoms with Crippen molar-refractivity contribution in [2.24, 2.45) is 0 Å². The molecule has 0 heterocycles. The number of para-hydroxylation sites is 1. The van der Waals surface area contributed by atoms with Crippen molar-refractivity contribution >= 4 is 53.5 Å². The van der Waals surface area contributed by atoms with Gasteiger partial charge in [0.1, 0.15) is 5.75 Å². The Bertz CT molecular complexity index is 576. The molecule has 0 aromatic heterocycles. The SMILES string of the molecule is Oc1c(Br)cc(Br)c(CNNc2ccccc2)c1Br. The van der Waals surface area contributed by atoms with Gasteiger partial charge in [-0.3, -0.25) is 0 Å². The molecule has 0 bridgehead atoms. The van der Waals surface area contributed by atoms with Crippen molar-refractivity contribution in [2.75, 3.05) is 5.43 Å². The van der Waals surface area contributed by atoms with Gasteiger partial charge in [0.15, 0.2) is 0 Å². The number of aromatic hydroxyl groups is 1. The molecule has 100 valence electrons. The first-order valence-electron chi connectivity index (χ1n) is 5.49. The van der Waals surface area contributed by atoms with Crippen molar-refractivity contribution in [1.29, 1.82) is 0 Å². The van der Waals surface area contributed by atoms with Crippen LogP contribution in [0.25, 0.3) is 0 Å². The van der Waals surface area contributed by atoms with Crippen LogP contribution in [0.4, 0.5) is 5.69 Å². The summed E-state index contributed by atoms with van der Waals surface area (Å²) in [6, 6.07) is 11.6. The third-order valence-electron chi connectivity index (χ3n) is 2.51. The number of anilines is 1. The third-order valence-corrected chi connectivity index (χ3v) is 4.68. The maximum Gasteiger partial charge on any atom is 0.144 e. The standard InChI is InChI=1S/C13H11Br3N2O/c14-10-6-11(15)13(19)12(16)9(10)7-17-18-8-4-2-1-3-5-8/h1-6,17-19H,7H2. The summed E-state index contributed by atoms with van der Waals surface area (Å²) in [6.45, 7) is 0.552. The third kappa shape index (κ3) is 3.72. The Morgan fingerprint density at radius 3 is 2.37 bits per heavy atom. The number of benzene rings is 2. The van der Waals surface area contributed by atoms with Crippen LogP contribution in [-0.2, 0) is 6.54 Å². The summed E-state index contributed by atoms with van der Waals surface area (Å²) >= 11 is 10.2. The van der Waals surface area contributed by atoms with Crippen LogP contribution in [0.3, 0.4) is 0 Å². The molecule has 0 amide bonds. The lowest BCUT2D eigenvalue weighted by atomic mass is 10.2. The van der Waals surface area contributed by atoms with Gasteiger partial charge < -0.3 is 10.5 Å². The van der Waals surface area contributed by atoms with Gasteiger partial charge in [0.2, 0.25) is 0 Å². The van der Waals surface area contributed by atoms with Gasteiger partial charge in [-0.25, -0.2) is 5.43 Å². The van der Waals surface area contributed by atoms with Crippen LogP contribution in [0.15, 0.2) is 49.8 Å². The monoisotopic (exact) mass is 448 g/mol. The summed E-state index contributed by atoms with van der Waals surface area (Å²) in [7, 11) is 0. The molecule has 2 aromatic rings. The minimum atomic E-state index is 0.194. The number of phenols is 1. The van der Waals surface area contributed by atoms with Crippen LogP contribution in [0.2, 0.25) is 0 Å². The highest BCUT2D eigenvalue weighted by Crippen LogP contribution is 2.39. The van der Waals surface area contributed by atoms with Gasteiger partial charge in [0, 0.05) is 16.7 Å². The molecule has 0 fully saturated rings. The molecule has 6 heteroatoms. The summed E-state index contributed by atoms with van der Waals surface area (Å²) in [5, 5.41) is 9.87. The summed E-state index contributed by atoms with van der Waals surface area (Å²) in [6.07, 6.45) is 0.